The number of alkyl carbamates (subject to hydrolysis) is 1. The fourth-order valence-corrected chi connectivity index (χ4v) is 2.43. The molecule has 7 heteroatoms. The molecule has 1 aromatic heterocycles. The molecule has 0 spiro atoms. The van der Waals surface area contributed by atoms with E-state index in [9.17, 15) is 4.79 Å². The molecule has 1 aromatic carbocycles. The number of ether oxygens (including phenoxy) is 1. The molecular weight excluding hydrogens is 348 g/mol. The minimum absolute atomic E-state index is 0.403. The number of nitrogen functional groups attached to an aromatic ring is 1. The van der Waals surface area contributed by atoms with Crippen LogP contribution >= 0.6 is 15.9 Å². The van der Waals surface area contributed by atoms with E-state index in [1.54, 1.807) is 0 Å². The molecule has 0 fully saturated rings. The van der Waals surface area contributed by atoms with Gasteiger partial charge in [0.2, 0.25) is 0 Å². The van der Waals surface area contributed by atoms with Gasteiger partial charge in [-0.1, -0.05) is 15.9 Å². The van der Waals surface area contributed by atoms with Gasteiger partial charge in [0.1, 0.15) is 5.60 Å². The van der Waals surface area contributed by atoms with Gasteiger partial charge in [-0.05, 0) is 45.4 Å². The minimum atomic E-state index is -0.483. The summed E-state index contributed by atoms with van der Waals surface area (Å²) in [5, 5.41) is 8.00. The van der Waals surface area contributed by atoms with Gasteiger partial charge < -0.3 is 15.8 Å². The first-order valence-electron chi connectivity index (χ1n) is 7.15. The second-order valence-corrected chi connectivity index (χ2v) is 6.97. The third-order valence-corrected chi connectivity index (χ3v) is 3.45. The predicted octanol–water partition coefficient (Wildman–Crippen LogP) is 3.30. The molecule has 3 N–H and O–H groups in total. The molecule has 1 amide bonds. The van der Waals surface area contributed by atoms with Crippen LogP contribution in [0.5, 0.6) is 0 Å². The molecule has 0 saturated heterocycles. The lowest BCUT2D eigenvalue weighted by atomic mass is 10.2. The predicted molar refractivity (Wildman–Crippen MR) is 90.7 cm³/mol. The number of fused-ring (bicyclic) bond motifs is 1. The summed E-state index contributed by atoms with van der Waals surface area (Å²) in [5.41, 5.74) is 6.40. The van der Waals surface area contributed by atoms with Crippen LogP contribution in [-0.2, 0) is 11.3 Å². The van der Waals surface area contributed by atoms with Crippen molar-refractivity contribution in [2.24, 2.45) is 0 Å². The van der Waals surface area contributed by atoms with Crippen molar-refractivity contribution in [3.05, 3.63) is 22.7 Å². The largest absolute Gasteiger partial charge is 0.444 e. The van der Waals surface area contributed by atoms with Crippen LogP contribution in [0.4, 0.5) is 10.6 Å². The summed E-state index contributed by atoms with van der Waals surface area (Å²) in [6, 6.07) is 5.87. The first-order valence-corrected chi connectivity index (χ1v) is 7.94. The molecule has 1 heterocycles. The van der Waals surface area contributed by atoms with Gasteiger partial charge >= 0.3 is 6.09 Å². The van der Waals surface area contributed by atoms with Crippen LogP contribution in [0.15, 0.2) is 22.7 Å². The number of nitrogens with zero attached hydrogens (tertiary/aromatic N) is 2. The number of amides is 1. The molecular formula is C15H21BrN4O2. The van der Waals surface area contributed by atoms with Gasteiger partial charge in [0.05, 0.1) is 5.52 Å². The van der Waals surface area contributed by atoms with Crippen LogP contribution in [0.25, 0.3) is 10.9 Å². The Morgan fingerprint density at radius 2 is 2.18 bits per heavy atom. The van der Waals surface area contributed by atoms with Gasteiger partial charge in [-0.15, -0.1) is 0 Å². The van der Waals surface area contributed by atoms with Crippen LogP contribution in [0.1, 0.15) is 27.2 Å². The van der Waals surface area contributed by atoms with E-state index in [0.717, 1.165) is 21.8 Å². The maximum atomic E-state index is 11.5. The van der Waals surface area contributed by atoms with Crippen LogP contribution in [0.2, 0.25) is 0 Å². The van der Waals surface area contributed by atoms with Crippen molar-refractivity contribution in [3.8, 4) is 0 Å². The molecule has 0 unspecified atom stereocenters. The van der Waals surface area contributed by atoms with Crippen molar-refractivity contribution in [1.82, 2.24) is 15.1 Å². The highest BCUT2D eigenvalue weighted by molar-refractivity contribution is 9.10. The van der Waals surface area contributed by atoms with E-state index in [1.165, 1.54) is 0 Å². The van der Waals surface area contributed by atoms with Gasteiger partial charge in [0.25, 0.3) is 0 Å². The zero-order chi connectivity index (χ0) is 16.3. The van der Waals surface area contributed by atoms with Crippen molar-refractivity contribution in [3.63, 3.8) is 0 Å². The lowest BCUT2D eigenvalue weighted by Crippen LogP contribution is -2.33. The van der Waals surface area contributed by atoms with Crippen LogP contribution in [0.3, 0.4) is 0 Å². The average Bonchev–Trinajstić information content (AvgIpc) is 2.69. The normalized spacial score (nSPS) is 11.6. The lowest BCUT2D eigenvalue weighted by Gasteiger charge is -2.19. The van der Waals surface area contributed by atoms with Gasteiger partial charge in [-0.3, -0.25) is 4.68 Å². The number of benzene rings is 1. The average molecular weight is 369 g/mol. The summed E-state index contributed by atoms with van der Waals surface area (Å²) in [7, 11) is 0. The number of aromatic nitrogens is 2. The highest BCUT2D eigenvalue weighted by Crippen LogP contribution is 2.24. The Labute approximate surface area is 138 Å². The Hall–Kier alpha value is -1.76. The summed E-state index contributed by atoms with van der Waals surface area (Å²) in [6.07, 6.45) is 0.335. The molecule has 2 aromatic rings. The van der Waals surface area contributed by atoms with E-state index < -0.39 is 11.7 Å². The first-order chi connectivity index (χ1) is 10.3. The minimum Gasteiger partial charge on any atom is -0.444 e. The van der Waals surface area contributed by atoms with Gasteiger partial charge in [-0.2, -0.15) is 5.10 Å². The molecule has 0 aliphatic heterocycles. The highest BCUT2D eigenvalue weighted by atomic mass is 79.9. The molecule has 22 heavy (non-hydrogen) atoms. The smallest absolute Gasteiger partial charge is 0.407 e. The Morgan fingerprint density at radius 3 is 2.86 bits per heavy atom. The SMILES string of the molecule is CC(C)(C)OC(=O)NCCCn1nc(N)c2ccc(Br)cc21. The number of carbonyl (C=O) groups excluding carboxylic acids is 1. The number of aryl methyl sites for hydroxylation is 1. The monoisotopic (exact) mass is 368 g/mol. The second kappa shape index (κ2) is 6.56. The van der Waals surface area contributed by atoms with Crippen molar-refractivity contribution in [2.75, 3.05) is 12.3 Å². The molecule has 0 bridgehead atoms. The quantitative estimate of drug-likeness (QED) is 0.811. The molecule has 120 valence electrons. The van der Waals surface area contributed by atoms with E-state index in [4.69, 9.17) is 10.5 Å². The fourth-order valence-electron chi connectivity index (χ4n) is 2.08. The van der Waals surface area contributed by atoms with Gasteiger partial charge in [0.15, 0.2) is 5.82 Å². The summed E-state index contributed by atoms with van der Waals surface area (Å²) in [5.74, 6) is 0.516. The van der Waals surface area contributed by atoms with Gasteiger partial charge in [-0.25, -0.2) is 4.79 Å². The van der Waals surface area contributed by atoms with Crippen molar-refractivity contribution in [2.45, 2.75) is 39.3 Å². The zero-order valence-electron chi connectivity index (χ0n) is 13.0. The third-order valence-electron chi connectivity index (χ3n) is 2.96. The highest BCUT2D eigenvalue weighted by Gasteiger charge is 2.15. The number of anilines is 1. The fraction of sp³-hybridized carbons (Fsp3) is 0.467. The molecule has 0 radical (unpaired) electrons. The van der Waals surface area contributed by atoms with Crippen LogP contribution in [-0.4, -0.2) is 28.0 Å². The Bertz CT molecular complexity index is 676. The molecule has 0 saturated carbocycles. The number of nitrogens with one attached hydrogen (secondary N) is 1. The molecule has 0 aliphatic carbocycles. The maximum Gasteiger partial charge on any atom is 0.407 e. The van der Waals surface area contributed by atoms with E-state index in [0.29, 0.717) is 18.9 Å². The summed E-state index contributed by atoms with van der Waals surface area (Å²) in [6.45, 7) is 6.69. The molecule has 0 atom stereocenters. The number of rotatable bonds is 4. The number of carbonyl (C=O) groups is 1. The number of hydrogen-bond acceptors (Lipinski definition) is 4. The topological polar surface area (TPSA) is 82.2 Å². The van der Waals surface area contributed by atoms with E-state index in [1.807, 2.05) is 43.7 Å². The van der Waals surface area contributed by atoms with Gasteiger partial charge in [0, 0.05) is 22.9 Å². The zero-order valence-corrected chi connectivity index (χ0v) is 14.6. The summed E-state index contributed by atoms with van der Waals surface area (Å²) in [4.78, 5) is 11.5. The van der Waals surface area contributed by atoms with E-state index in [-0.39, 0.29) is 0 Å². The maximum absolute atomic E-state index is 11.5. The van der Waals surface area contributed by atoms with Crippen molar-refractivity contribution < 1.29 is 9.53 Å². The molecule has 0 aliphatic rings. The standard InChI is InChI=1S/C15H21BrN4O2/c1-15(2,3)22-14(21)18-7-4-8-20-12-9-10(16)5-6-11(12)13(17)19-20/h5-6,9H,4,7-8H2,1-3H3,(H2,17,19)(H,18,21). The van der Waals surface area contributed by atoms with Crippen LogP contribution in [0, 0.1) is 0 Å². The third kappa shape index (κ3) is 4.37. The Kier molecular flexibility index (Phi) is 4.95. The molecule has 2 rings (SSSR count). The van der Waals surface area contributed by atoms with E-state index in [2.05, 4.69) is 26.3 Å². The Morgan fingerprint density at radius 1 is 1.45 bits per heavy atom. The summed E-state index contributed by atoms with van der Waals surface area (Å²) >= 11 is 3.45. The molecule has 6 nitrogen and oxygen atoms in total. The first kappa shape index (κ1) is 16.6. The Balaban J connectivity index is 1.90. The second-order valence-electron chi connectivity index (χ2n) is 6.05. The number of halogens is 1. The van der Waals surface area contributed by atoms with Crippen LogP contribution < -0.4 is 11.1 Å². The number of hydrogen-bond donors (Lipinski definition) is 2. The lowest BCUT2D eigenvalue weighted by molar-refractivity contribution is 0.0526. The van der Waals surface area contributed by atoms with Crippen molar-refractivity contribution in [1.29, 1.82) is 0 Å². The van der Waals surface area contributed by atoms with Crippen molar-refractivity contribution >= 4 is 38.7 Å². The summed E-state index contributed by atoms with van der Waals surface area (Å²) < 4.78 is 8.01. The van der Waals surface area contributed by atoms with E-state index >= 15 is 0 Å². The number of nitrogens with two attached hydrogens (primary N) is 1.